The summed E-state index contributed by atoms with van der Waals surface area (Å²) in [6, 6.07) is 8.36. The molecule has 1 fully saturated rings. The lowest BCUT2D eigenvalue weighted by molar-refractivity contribution is 0.406. The molecule has 2 heterocycles. The van der Waals surface area contributed by atoms with Crippen molar-refractivity contribution in [3.63, 3.8) is 0 Å². The van der Waals surface area contributed by atoms with Gasteiger partial charge in [0.2, 0.25) is 0 Å². The highest BCUT2D eigenvalue weighted by Gasteiger charge is 2.37. The van der Waals surface area contributed by atoms with Crippen LogP contribution in [0, 0.1) is 6.92 Å². The molecule has 1 aromatic carbocycles. The number of nitrogens with one attached hydrogen (secondary N) is 1. The molecule has 1 aromatic heterocycles. The molecule has 0 bridgehead atoms. The van der Waals surface area contributed by atoms with E-state index in [-0.39, 0.29) is 5.54 Å². The summed E-state index contributed by atoms with van der Waals surface area (Å²) < 4.78 is 5.88. The van der Waals surface area contributed by atoms with Crippen LogP contribution in [0.3, 0.4) is 0 Å². The van der Waals surface area contributed by atoms with E-state index in [1.54, 1.807) is 0 Å². The number of hydrogen-bond acceptors (Lipinski definition) is 2. The molecule has 1 aliphatic rings. The summed E-state index contributed by atoms with van der Waals surface area (Å²) in [6.07, 6.45) is 1.19. The third-order valence-electron chi connectivity index (χ3n) is 4.05. The first-order chi connectivity index (χ1) is 8.09. The van der Waals surface area contributed by atoms with E-state index < -0.39 is 0 Å². The number of para-hydroxylation sites is 1. The van der Waals surface area contributed by atoms with Crippen molar-refractivity contribution in [2.24, 2.45) is 0 Å². The van der Waals surface area contributed by atoms with Crippen LogP contribution in [-0.4, -0.2) is 12.1 Å². The first-order valence-corrected chi connectivity index (χ1v) is 6.32. The molecule has 2 nitrogen and oxygen atoms in total. The largest absolute Gasteiger partial charge is 0.461 e. The van der Waals surface area contributed by atoms with Crippen LogP contribution in [-0.2, 0) is 0 Å². The predicted octanol–water partition coefficient (Wildman–Crippen LogP) is 3.60. The average molecular weight is 229 g/mol. The number of fused-ring (bicyclic) bond motifs is 1. The van der Waals surface area contributed by atoms with Gasteiger partial charge in [0, 0.05) is 22.4 Å². The Morgan fingerprint density at radius 2 is 2.06 bits per heavy atom. The maximum atomic E-state index is 5.88. The van der Waals surface area contributed by atoms with Gasteiger partial charge in [0.1, 0.15) is 11.3 Å². The first kappa shape index (κ1) is 10.8. The van der Waals surface area contributed by atoms with Crippen LogP contribution in [0.25, 0.3) is 11.0 Å². The first-order valence-electron chi connectivity index (χ1n) is 6.32. The average Bonchev–Trinajstić information content (AvgIpc) is 2.77. The van der Waals surface area contributed by atoms with Crippen LogP contribution in [0.5, 0.6) is 0 Å². The maximum Gasteiger partial charge on any atom is 0.134 e. The SMILES string of the molecule is Cc1oc2ccccc2c1C1CCNC1(C)C. The molecule has 0 amide bonds. The summed E-state index contributed by atoms with van der Waals surface area (Å²) in [6.45, 7) is 7.75. The Bertz CT molecular complexity index is 553. The summed E-state index contributed by atoms with van der Waals surface area (Å²) in [5.74, 6) is 1.62. The third-order valence-corrected chi connectivity index (χ3v) is 4.05. The van der Waals surface area contributed by atoms with Crippen molar-refractivity contribution in [3.8, 4) is 0 Å². The molecule has 0 spiro atoms. The van der Waals surface area contributed by atoms with Crippen molar-refractivity contribution in [3.05, 3.63) is 35.6 Å². The lowest BCUT2D eigenvalue weighted by atomic mass is 9.82. The minimum Gasteiger partial charge on any atom is -0.461 e. The number of furan rings is 1. The Kier molecular flexibility index (Phi) is 2.30. The van der Waals surface area contributed by atoms with Gasteiger partial charge in [-0.1, -0.05) is 18.2 Å². The zero-order chi connectivity index (χ0) is 12.0. The monoisotopic (exact) mass is 229 g/mol. The van der Waals surface area contributed by atoms with E-state index in [2.05, 4.69) is 44.3 Å². The Morgan fingerprint density at radius 3 is 2.76 bits per heavy atom. The van der Waals surface area contributed by atoms with Crippen molar-refractivity contribution in [2.75, 3.05) is 6.54 Å². The van der Waals surface area contributed by atoms with E-state index in [0.717, 1.165) is 17.9 Å². The fourth-order valence-electron chi connectivity index (χ4n) is 3.15. The number of hydrogen-bond donors (Lipinski definition) is 1. The molecule has 1 aliphatic heterocycles. The molecule has 17 heavy (non-hydrogen) atoms. The molecule has 2 aromatic rings. The van der Waals surface area contributed by atoms with Crippen LogP contribution >= 0.6 is 0 Å². The van der Waals surface area contributed by atoms with Crippen LogP contribution in [0.1, 0.15) is 37.5 Å². The molecular weight excluding hydrogens is 210 g/mol. The lowest BCUT2D eigenvalue weighted by Crippen LogP contribution is -2.36. The Morgan fingerprint density at radius 1 is 1.29 bits per heavy atom. The molecule has 0 aliphatic carbocycles. The molecule has 1 atom stereocenters. The summed E-state index contributed by atoms with van der Waals surface area (Å²) in [5.41, 5.74) is 2.58. The van der Waals surface area contributed by atoms with E-state index in [0.29, 0.717) is 5.92 Å². The Balaban J connectivity index is 2.20. The minimum atomic E-state index is 0.164. The lowest BCUT2D eigenvalue weighted by Gasteiger charge is -2.27. The molecule has 0 radical (unpaired) electrons. The van der Waals surface area contributed by atoms with Crippen molar-refractivity contribution < 1.29 is 4.42 Å². The quantitative estimate of drug-likeness (QED) is 0.808. The number of aryl methyl sites for hydroxylation is 1. The predicted molar refractivity (Wildman–Crippen MR) is 70.4 cm³/mol. The minimum absolute atomic E-state index is 0.164. The van der Waals surface area contributed by atoms with Crippen LogP contribution < -0.4 is 5.32 Å². The highest BCUT2D eigenvalue weighted by atomic mass is 16.3. The smallest absolute Gasteiger partial charge is 0.134 e. The van der Waals surface area contributed by atoms with E-state index in [4.69, 9.17) is 4.42 Å². The zero-order valence-electron chi connectivity index (χ0n) is 10.7. The van der Waals surface area contributed by atoms with Crippen molar-refractivity contribution in [1.29, 1.82) is 0 Å². The fourth-order valence-corrected chi connectivity index (χ4v) is 3.15. The summed E-state index contributed by atoms with van der Waals surface area (Å²) in [7, 11) is 0. The molecule has 1 N–H and O–H groups in total. The summed E-state index contributed by atoms with van der Waals surface area (Å²) in [4.78, 5) is 0. The molecule has 1 unspecified atom stereocenters. The standard InChI is InChI=1S/C15H19NO/c1-10-14(12-8-9-16-15(12,2)3)11-6-4-5-7-13(11)17-10/h4-7,12,16H,8-9H2,1-3H3. The van der Waals surface area contributed by atoms with Gasteiger partial charge in [0.25, 0.3) is 0 Å². The molecular formula is C15H19NO. The van der Waals surface area contributed by atoms with Gasteiger partial charge in [0.05, 0.1) is 0 Å². The summed E-state index contributed by atoms with van der Waals surface area (Å²) >= 11 is 0. The van der Waals surface area contributed by atoms with Gasteiger partial charge in [-0.2, -0.15) is 0 Å². The van der Waals surface area contributed by atoms with Crippen LogP contribution in [0.4, 0.5) is 0 Å². The highest BCUT2D eigenvalue weighted by molar-refractivity contribution is 5.83. The normalized spacial score (nSPS) is 23.4. The van der Waals surface area contributed by atoms with Gasteiger partial charge in [-0.15, -0.1) is 0 Å². The second kappa shape index (κ2) is 3.61. The van der Waals surface area contributed by atoms with Gasteiger partial charge >= 0.3 is 0 Å². The zero-order valence-corrected chi connectivity index (χ0v) is 10.7. The van der Waals surface area contributed by atoms with E-state index in [1.165, 1.54) is 17.4 Å². The molecule has 2 heteroatoms. The van der Waals surface area contributed by atoms with Gasteiger partial charge in [-0.05, 0) is 39.8 Å². The van der Waals surface area contributed by atoms with Crippen LogP contribution in [0.15, 0.2) is 28.7 Å². The second-order valence-corrected chi connectivity index (χ2v) is 5.56. The molecule has 90 valence electrons. The Labute approximate surface area is 102 Å². The van der Waals surface area contributed by atoms with Gasteiger partial charge in [-0.3, -0.25) is 0 Å². The van der Waals surface area contributed by atoms with Gasteiger partial charge < -0.3 is 9.73 Å². The van der Waals surface area contributed by atoms with Gasteiger partial charge in [0.15, 0.2) is 0 Å². The van der Waals surface area contributed by atoms with Crippen LogP contribution in [0.2, 0.25) is 0 Å². The maximum absolute atomic E-state index is 5.88. The van der Waals surface area contributed by atoms with Crippen molar-refractivity contribution >= 4 is 11.0 Å². The fraction of sp³-hybridized carbons (Fsp3) is 0.467. The Hall–Kier alpha value is -1.28. The van der Waals surface area contributed by atoms with E-state index in [9.17, 15) is 0 Å². The highest BCUT2D eigenvalue weighted by Crippen LogP contribution is 2.41. The number of benzene rings is 1. The molecule has 3 rings (SSSR count). The molecule has 0 saturated carbocycles. The van der Waals surface area contributed by atoms with Crippen molar-refractivity contribution in [1.82, 2.24) is 5.32 Å². The van der Waals surface area contributed by atoms with Crippen molar-refractivity contribution in [2.45, 2.75) is 38.6 Å². The summed E-state index contributed by atoms with van der Waals surface area (Å²) in [5, 5.41) is 4.87. The number of rotatable bonds is 1. The van der Waals surface area contributed by atoms with Gasteiger partial charge in [-0.25, -0.2) is 0 Å². The van der Waals surface area contributed by atoms with E-state index >= 15 is 0 Å². The van der Waals surface area contributed by atoms with E-state index in [1.807, 2.05) is 6.07 Å². The second-order valence-electron chi connectivity index (χ2n) is 5.56. The topological polar surface area (TPSA) is 25.2 Å². The third kappa shape index (κ3) is 1.59. The molecule has 1 saturated heterocycles.